The summed E-state index contributed by atoms with van der Waals surface area (Å²) in [7, 11) is 0. The number of nitrogens with zero attached hydrogens (tertiary/aromatic N) is 2. The molecule has 3 aromatic rings. The Hall–Kier alpha value is -2.69. The van der Waals surface area contributed by atoms with Crippen LogP contribution in [0.25, 0.3) is 22.0 Å². The summed E-state index contributed by atoms with van der Waals surface area (Å²) < 4.78 is 0. The van der Waals surface area contributed by atoms with E-state index >= 15 is 0 Å². The molecule has 0 atom stereocenters. The highest BCUT2D eigenvalue weighted by Crippen LogP contribution is 2.30. The summed E-state index contributed by atoms with van der Waals surface area (Å²) in [6.07, 6.45) is 1.59. The molecule has 3 rings (SSSR count). The molecule has 18 heavy (non-hydrogen) atoms. The fraction of sp³-hybridized carbons (Fsp3) is 0. The first-order valence-electron chi connectivity index (χ1n) is 5.42. The number of H-pyrrole nitrogens is 1. The van der Waals surface area contributed by atoms with Crippen molar-refractivity contribution in [3.63, 3.8) is 0 Å². The highest BCUT2D eigenvalue weighted by Gasteiger charge is 2.15. The number of benzene rings is 2. The Morgan fingerprint density at radius 2 is 1.89 bits per heavy atom. The monoisotopic (exact) mass is 239 g/mol. The lowest BCUT2D eigenvalue weighted by Gasteiger charge is -2.02. The van der Waals surface area contributed by atoms with Gasteiger partial charge in [-0.15, -0.1) is 0 Å². The first-order valence-corrected chi connectivity index (χ1v) is 5.42. The summed E-state index contributed by atoms with van der Waals surface area (Å²) in [5.41, 5.74) is 2.27. The zero-order valence-corrected chi connectivity index (χ0v) is 9.33. The number of nitrogens with one attached hydrogen (secondary N) is 1. The normalized spacial score (nSPS) is 10.7. The number of non-ortho nitro benzene ring substituents is 1. The third-order valence-corrected chi connectivity index (χ3v) is 2.83. The van der Waals surface area contributed by atoms with Gasteiger partial charge in [-0.1, -0.05) is 30.3 Å². The van der Waals surface area contributed by atoms with Crippen LogP contribution in [0.4, 0.5) is 5.69 Å². The molecule has 1 heterocycles. The van der Waals surface area contributed by atoms with Gasteiger partial charge in [0, 0.05) is 11.5 Å². The molecule has 0 spiro atoms. The van der Waals surface area contributed by atoms with Gasteiger partial charge in [-0.05, 0) is 17.2 Å². The summed E-state index contributed by atoms with van der Waals surface area (Å²) >= 11 is 0. The van der Waals surface area contributed by atoms with Crippen LogP contribution in [0.2, 0.25) is 0 Å². The Bertz CT molecular complexity index is 719. The van der Waals surface area contributed by atoms with Crippen LogP contribution in [0, 0.1) is 10.1 Å². The molecule has 0 bridgehead atoms. The maximum atomic E-state index is 11.1. The minimum atomic E-state index is -0.396. The van der Waals surface area contributed by atoms with Crippen LogP contribution in [0.3, 0.4) is 0 Å². The topological polar surface area (TPSA) is 71.8 Å². The summed E-state index contributed by atoms with van der Waals surface area (Å²) in [6, 6.07) is 13.0. The van der Waals surface area contributed by atoms with Gasteiger partial charge in [-0.3, -0.25) is 15.2 Å². The van der Waals surface area contributed by atoms with Gasteiger partial charge in [0.15, 0.2) is 0 Å². The number of rotatable bonds is 2. The van der Waals surface area contributed by atoms with Crippen LogP contribution in [-0.2, 0) is 0 Å². The van der Waals surface area contributed by atoms with Crippen molar-refractivity contribution >= 4 is 16.6 Å². The fourth-order valence-electron chi connectivity index (χ4n) is 1.98. The Labute approximate surface area is 102 Å². The maximum Gasteiger partial charge on any atom is 0.295 e. The van der Waals surface area contributed by atoms with Crippen molar-refractivity contribution in [2.24, 2.45) is 0 Å². The molecule has 5 heteroatoms. The first kappa shape index (κ1) is 10.5. The molecule has 5 nitrogen and oxygen atoms in total. The highest BCUT2D eigenvalue weighted by molar-refractivity contribution is 5.91. The van der Waals surface area contributed by atoms with E-state index in [0.29, 0.717) is 5.52 Å². The van der Waals surface area contributed by atoms with E-state index in [1.54, 1.807) is 12.3 Å². The molecule has 0 fully saturated rings. The number of hydrogen-bond acceptors (Lipinski definition) is 3. The quantitative estimate of drug-likeness (QED) is 0.551. The molecule has 2 aromatic carbocycles. The smallest absolute Gasteiger partial charge is 0.271 e. The van der Waals surface area contributed by atoms with Gasteiger partial charge in [0.1, 0.15) is 5.52 Å². The lowest BCUT2D eigenvalue weighted by molar-refractivity contribution is -0.383. The molecule has 0 aliphatic heterocycles. The van der Waals surface area contributed by atoms with Crippen LogP contribution in [0.15, 0.2) is 48.7 Å². The Morgan fingerprint density at radius 3 is 2.61 bits per heavy atom. The van der Waals surface area contributed by atoms with Crippen molar-refractivity contribution in [2.75, 3.05) is 0 Å². The van der Waals surface area contributed by atoms with E-state index in [-0.39, 0.29) is 5.69 Å². The molecule has 0 unspecified atom stereocenters. The molecule has 0 aliphatic carbocycles. The van der Waals surface area contributed by atoms with Gasteiger partial charge in [0.25, 0.3) is 5.69 Å². The van der Waals surface area contributed by atoms with E-state index in [4.69, 9.17) is 0 Å². The zero-order valence-electron chi connectivity index (χ0n) is 9.33. The Morgan fingerprint density at radius 1 is 1.11 bits per heavy atom. The second-order valence-corrected chi connectivity index (χ2v) is 3.95. The minimum Gasteiger partial charge on any atom is -0.271 e. The molecule has 88 valence electrons. The first-order chi connectivity index (χ1) is 8.75. The van der Waals surface area contributed by atoms with Crippen molar-refractivity contribution in [1.29, 1.82) is 0 Å². The van der Waals surface area contributed by atoms with Crippen LogP contribution in [0.1, 0.15) is 0 Å². The average molecular weight is 239 g/mol. The van der Waals surface area contributed by atoms with E-state index in [1.165, 1.54) is 0 Å². The average Bonchev–Trinajstić information content (AvgIpc) is 2.86. The molecule has 0 saturated carbocycles. The van der Waals surface area contributed by atoms with Gasteiger partial charge < -0.3 is 0 Å². The molecule has 1 aromatic heterocycles. The van der Waals surface area contributed by atoms with Gasteiger partial charge in [0.2, 0.25) is 0 Å². The second-order valence-electron chi connectivity index (χ2n) is 3.95. The van der Waals surface area contributed by atoms with E-state index < -0.39 is 4.92 Å². The lowest BCUT2D eigenvalue weighted by atomic mass is 10.0. The number of aromatic nitrogens is 2. The van der Waals surface area contributed by atoms with Gasteiger partial charge in [-0.25, -0.2) is 0 Å². The molecule has 0 saturated heterocycles. The minimum absolute atomic E-state index is 0.0452. The van der Waals surface area contributed by atoms with Crippen molar-refractivity contribution in [2.45, 2.75) is 0 Å². The number of fused-ring (bicyclic) bond motifs is 1. The number of hydrogen-bond donors (Lipinski definition) is 1. The van der Waals surface area contributed by atoms with Crippen LogP contribution in [-0.4, -0.2) is 15.1 Å². The highest BCUT2D eigenvalue weighted by atomic mass is 16.6. The number of aromatic amines is 1. The Balaban J connectivity index is 2.29. The largest absolute Gasteiger partial charge is 0.295 e. The zero-order chi connectivity index (χ0) is 12.5. The van der Waals surface area contributed by atoms with Crippen LogP contribution >= 0.6 is 0 Å². The third-order valence-electron chi connectivity index (χ3n) is 2.83. The molecule has 0 amide bonds. The third kappa shape index (κ3) is 1.62. The van der Waals surface area contributed by atoms with Crippen molar-refractivity contribution in [3.05, 3.63) is 58.8 Å². The van der Waals surface area contributed by atoms with E-state index in [2.05, 4.69) is 10.2 Å². The van der Waals surface area contributed by atoms with Gasteiger partial charge in [0.05, 0.1) is 11.1 Å². The van der Waals surface area contributed by atoms with E-state index in [0.717, 1.165) is 16.5 Å². The summed E-state index contributed by atoms with van der Waals surface area (Å²) in [4.78, 5) is 10.7. The summed E-state index contributed by atoms with van der Waals surface area (Å²) in [6.45, 7) is 0. The molecular weight excluding hydrogens is 230 g/mol. The number of nitro groups is 1. The van der Waals surface area contributed by atoms with Crippen molar-refractivity contribution < 1.29 is 4.92 Å². The predicted molar refractivity (Wildman–Crippen MR) is 68.2 cm³/mol. The second kappa shape index (κ2) is 3.96. The maximum absolute atomic E-state index is 11.1. The number of nitro benzene ring substituents is 1. The molecule has 1 N–H and O–H groups in total. The van der Waals surface area contributed by atoms with Gasteiger partial charge >= 0.3 is 0 Å². The van der Waals surface area contributed by atoms with E-state index in [1.807, 2.05) is 36.4 Å². The Kier molecular flexibility index (Phi) is 2.30. The molecule has 0 radical (unpaired) electrons. The van der Waals surface area contributed by atoms with Crippen molar-refractivity contribution in [1.82, 2.24) is 10.2 Å². The van der Waals surface area contributed by atoms with Gasteiger partial charge in [-0.2, -0.15) is 5.10 Å². The van der Waals surface area contributed by atoms with Crippen LogP contribution < -0.4 is 0 Å². The summed E-state index contributed by atoms with van der Waals surface area (Å²) in [5.74, 6) is 0. The SMILES string of the molecule is O=[N+]([O-])c1cc(-c2ccccc2)cc2cn[nH]c12. The molecular formula is C13H9N3O2. The van der Waals surface area contributed by atoms with E-state index in [9.17, 15) is 10.1 Å². The van der Waals surface area contributed by atoms with Crippen LogP contribution in [0.5, 0.6) is 0 Å². The summed E-state index contributed by atoms with van der Waals surface area (Å²) in [5, 5.41) is 18.3. The standard InChI is InChI=1S/C13H9N3O2/c17-16(18)12-7-10(9-4-2-1-3-5-9)6-11-8-14-15-13(11)12/h1-8H,(H,14,15). The lowest BCUT2D eigenvalue weighted by Crippen LogP contribution is -1.90. The predicted octanol–water partition coefficient (Wildman–Crippen LogP) is 3.14. The molecule has 0 aliphatic rings. The fourth-order valence-corrected chi connectivity index (χ4v) is 1.98. The van der Waals surface area contributed by atoms with Crippen molar-refractivity contribution in [3.8, 4) is 11.1 Å².